The second kappa shape index (κ2) is 10.8. The Morgan fingerprint density at radius 2 is 1.60 bits per heavy atom. The summed E-state index contributed by atoms with van der Waals surface area (Å²) in [5.41, 5.74) is 1.56. The van der Waals surface area contributed by atoms with Crippen molar-refractivity contribution in [3.05, 3.63) is 54.1 Å². The standard InChI is InChI=1S/C27H32N2O6/c1-4-35-27(32)19-6-5-15-28(17-19)26(31)23-16-24(30)29(20-9-13-22(34-3)14-10-20)25(23)18-7-11-21(33-2)12-8-18/h7-14,19,23,25H,4-6,15-17H2,1-3H3/t19-,23+,25-/m1/s1. The van der Waals surface area contributed by atoms with Crippen LogP contribution in [0, 0.1) is 11.8 Å². The highest BCUT2D eigenvalue weighted by Crippen LogP contribution is 2.43. The Bertz CT molecular complexity index is 1050. The largest absolute Gasteiger partial charge is 0.497 e. The van der Waals surface area contributed by atoms with Crippen molar-refractivity contribution in [1.29, 1.82) is 0 Å². The first-order valence-electron chi connectivity index (χ1n) is 12.0. The number of hydrogen-bond donors (Lipinski definition) is 0. The lowest BCUT2D eigenvalue weighted by Gasteiger charge is -2.35. The Labute approximate surface area is 205 Å². The van der Waals surface area contributed by atoms with Gasteiger partial charge in [0.15, 0.2) is 0 Å². The van der Waals surface area contributed by atoms with Gasteiger partial charge in [0.25, 0.3) is 0 Å². The van der Waals surface area contributed by atoms with Crippen LogP contribution in [0.1, 0.15) is 37.8 Å². The van der Waals surface area contributed by atoms with Gasteiger partial charge in [0.05, 0.1) is 38.7 Å². The minimum Gasteiger partial charge on any atom is -0.497 e. The molecule has 0 radical (unpaired) electrons. The number of amides is 2. The van der Waals surface area contributed by atoms with Gasteiger partial charge < -0.3 is 24.0 Å². The SMILES string of the molecule is CCOC(=O)[C@@H]1CCCN(C(=O)[C@H]2CC(=O)N(c3ccc(OC)cc3)[C@@H]2c2ccc(OC)cc2)C1. The molecule has 3 atom stereocenters. The molecule has 8 heteroatoms. The fourth-order valence-electron chi connectivity index (χ4n) is 5.05. The van der Waals surface area contributed by atoms with E-state index in [1.54, 1.807) is 43.1 Å². The average Bonchev–Trinajstić information content (AvgIpc) is 3.25. The monoisotopic (exact) mass is 480 g/mol. The van der Waals surface area contributed by atoms with Gasteiger partial charge in [-0.25, -0.2) is 0 Å². The van der Waals surface area contributed by atoms with Crippen LogP contribution in [0.25, 0.3) is 0 Å². The maximum atomic E-state index is 13.8. The van der Waals surface area contributed by atoms with Crippen molar-refractivity contribution >= 4 is 23.5 Å². The van der Waals surface area contributed by atoms with Gasteiger partial charge in [-0.15, -0.1) is 0 Å². The molecule has 2 aliphatic heterocycles. The number of carbonyl (C=O) groups excluding carboxylic acids is 3. The van der Waals surface area contributed by atoms with Gasteiger partial charge >= 0.3 is 5.97 Å². The molecule has 8 nitrogen and oxygen atoms in total. The molecule has 2 fully saturated rings. The molecular formula is C27H32N2O6. The number of anilines is 1. The van der Waals surface area contributed by atoms with E-state index in [9.17, 15) is 14.4 Å². The molecule has 2 heterocycles. The molecule has 2 aromatic carbocycles. The molecule has 2 amide bonds. The van der Waals surface area contributed by atoms with Crippen molar-refractivity contribution in [3.8, 4) is 11.5 Å². The molecule has 0 spiro atoms. The lowest BCUT2D eigenvalue weighted by molar-refractivity contribution is -0.152. The zero-order valence-electron chi connectivity index (χ0n) is 20.4. The van der Waals surface area contributed by atoms with Gasteiger partial charge in [0.1, 0.15) is 11.5 Å². The number of rotatable bonds is 7. The van der Waals surface area contributed by atoms with E-state index in [2.05, 4.69) is 0 Å². The number of likely N-dealkylation sites (tertiary alicyclic amines) is 1. The maximum Gasteiger partial charge on any atom is 0.310 e. The van der Waals surface area contributed by atoms with Crippen molar-refractivity contribution < 1.29 is 28.6 Å². The molecule has 186 valence electrons. The van der Waals surface area contributed by atoms with Gasteiger partial charge in [-0.05, 0) is 61.7 Å². The molecule has 4 rings (SSSR count). The molecule has 0 aromatic heterocycles. The fraction of sp³-hybridized carbons (Fsp3) is 0.444. The molecular weight excluding hydrogens is 448 g/mol. The summed E-state index contributed by atoms with van der Waals surface area (Å²) in [4.78, 5) is 42.9. The third kappa shape index (κ3) is 5.11. The summed E-state index contributed by atoms with van der Waals surface area (Å²) in [6.07, 6.45) is 1.53. The summed E-state index contributed by atoms with van der Waals surface area (Å²) in [6.45, 7) is 2.98. The van der Waals surface area contributed by atoms with Gasteiger partial charge in [0, 0.05) is 25.2 Å². The zero-order valence-corrected chi connectivity index (χ0v) is 20.4. The van der Waals surface area contributed by atoms with Crippen LogP contribution in [0.3, 0.4) is 0 Å². The normalized spacial score (nSPS) is 22.1. The van der Waals surface area contributed by atoms with Crippen LogP contribution in [-0.4, -0.2) is 56.6 Å². The van der Waals surface area contributed by atoms with Gasteiger partial charge in [-0.1, -0.05) is 12.1 Å². The number of nitrogens with zero attached hydrogens (tertiary/aromatic N) is 2. The van der Waals surface area contributed by atoms with Crippen LogP contribution in [0.15, 0.2) is 48.5 Å². The van der Waals surface area contributed by atoms with E-state index in [1.165, 1.54) is 0 Å². The molecule has 2 aromatic rings. The Balaban J connectivity index is 1.65. The van der Waals surface area contributed by atoms with Crippen LogP contribution in [0.4, 0.5) is 5.69 Å². The van der Waals surface area contributed by atoms with E-state index in [1.807, 2.05) is 36.4 Å². The number of ether oxygens (including phenoxy) is 3. The molecule has 2 aliphatic rings. The van der Waals surface area contributed by atoms with E-state index < -0.39 is 12.0 Å². The second-order valence-corrected chi connectivity index (χ2v) is 8.87. The number of esters is 1. The highest BCUT2D eigenvalue weighted by molar-refractivity contribution is 6.01. The van der Waals surface area contributed by atoms with Crippen molar-refractivity contribution in [1.82, 2.24) is 4.90 Å². The van der Waals surface area contributed by atoms with Crippen molar-refractivity contribution in [2.24, 2.45) is 11.8 Å². The molecule has 0 saturated carbocycles. The number of methoxy groups -OCH3 is 2. The lowest BCUT2D eigenvalue weighted by atomic mass is 9.90. The molecule has 0 aliphatic carbocycles. The predicted octanol–water partition coefficient (Wildman–Crippen LogP) is 3.60. The highest BCUT2D eigenvalue weighted by Gasteiger charge is 2.47. The van der Waals surface area contributed by atoms with Crippen molar-refractivity contribution in [2.75, 3.05) is 38.8 Å². The number of hydrogen-bond acceptors (Lipinski definition) is 6. The minimum atomic E-state index is -0.570. The summed E-state index contributed by atoms with van der Waals surface area (Å²) >= 11 is 0. The second-order valence-electron chi connectivity index (χ2n) is 8.87. The van der Waals surface area contributed by atoms with Crippen molar-refractivity contribution in [2.45, 2.75) is 32.2 Å². The first-order valence-corrected chi connectivity index (χ1v) is 12.0. The summed E-state index contributed by atoms with van der Waals surface area (Å²) in [5, 5.41) is 0. The van der Waals surface area contributed by atoms with Gasteiger partial charge in [-0.2, -0.15) is 0 Å². The molecule has 0 unspecified atom stereocenters. The van der Waals surface area contributed by atoms with Gasteiger partial charge in [-0.3, -0.25) is 14.4 Å². The Hall–Kier alpha value is -3.55. The zero-order chi connectivity index (χ0) is 24.9. The summed E-state index contributed by atoms with van der Waals surface area (Å²) < 4.78 is 15.8. The predicted molar refractivity (Wildman–Crippen MR) is 130 cm³/mol. The Morgan fingerprint density at radius 3 is 2.20 bits per heavy atom. The summed E-state index contributed by atoms with van der Waals surface area (Å²) in [6, 6.07) is 14.3. The number of benzene rings is 2. The fourth-order valence-corrected chi connectivity index (χ4v) is 5.05. The average molecular weight is 481 g/mol. The smallest absolute Gasteiger partial charge is 0.310 e. The van der Waals surface area contributed by atoms with E-state index >= 15 is 0 Å². The van der Waals surface area contributed by atoms with Crippen molar-refractivity contribution in [3.63, 3.8) is 0 Å². The highest BCUT2D eigenvalue weighted by atomic mass is 16.5. The summed E-state index contributed by atoms with van der Waals surface area (Å²) in [5.74, 6) is -0.00467. The van der Waals surface area contributed by atoms with Crippen LogP contribution >= 0.6 is 0 Å². The third-order valence-corrected chi connectivity index (χ3v) is 6.80. The lowest BCUT2D eigenvalue weighted by Crippen LogP contribution is -2.46. The molecule has 0 N–H and O–H groups in total. The molecule has 0 bridgehead atoms. The first-order chi connectivity index (χ1) is 17.0. The number of piperidine rings is 1. The van der Waals surface area contributed by atoms with Crippen LogP contribution < -0.4 is 14.4 Å². The van der Waals surface area contributed by atoms with Crippen LogP contribution in [0.2, 0.25) is 0 Å². The quantitative estimate of drug-likeness (QED) is 0.563. The van der Waals surface area contributed by atoms with E-state index in [0.717, 1.165) is 12.0 Å². The molecule has 2 saturated heterocycles. The van der Waals surface area contributed by atoms with E-state index in [0.29, 0.717) is 43.3 Å². The minimum absolute atomic E-state index is 0.0993. The Kier molecular flexibility index (Phi) is 7.58. The topological polar surface area (TPSA) is 85.4 Å². The maximum absolute atomic E-state index is 13.8. The van der Waals surface area contributed by atoms with Crippen LogP contribution in [0.5, 0.6) is 11.5 Å². The van der Waals surface area contributed by atoms with Gasteiger partial charge in [0.2, 0.25) is 11.8 Å². The first kappa shape index (κ1) is 24.6. The third-order valence-electron chi connectivity index (χ3n) is 6.80. The molecule has 35 heavy (non-hydrogen) atoms. The van der Waals surface area contributed by atoms with E-state index in [4.69, 9.17) is 14.2 Å². The number of carbonyl (C=O) groups is 3. The Morgan fingerprint density at radius 1 is 0.971 bits per heavy atom. The summed E-state index contributed by atoms with van der Waals surface area (Å²) in [7, 11) is 3.19. The van der Waals surface area contributed by atoms with Crippen LogP contribution in [-0.2, 0) is 19.1 Å². The van der Waals surface area contributed by atoms with E-state index in [-0.39, 0.29) is 30.1 Å².